The summed E-state index contributed by atoms with van der Waals surface area (Å²) in [5.74, 6) is 0.195. The third-order valence-electron chi connectivity index (χ3n) is 4.70. The molecule has 158 valence electrons. The third-order valence-corrected chi connectivity index (χ3v) is 4.70. The van der Waals surface area contributed by atoms with Crippen LogP contribution in [0.1, 0.15) is 55.5 Å². The molecule has 0 saturated heterocycles. The first-order valence-electron chi connectivity index (χ1n) is 9.70. The highest BCUT2D eigenvalue weighted by atomic mass is 16.6. The summed E-state index contributed by atoms with van der Waals surface area (Å²) in [5.41, 5.74) is 2.35. The minimum atomic E-state index is -0.701. The minimum Gasteiger partial charge on any atom is -0.489 e. The van der Waals surface area contributed by atoms with E-state index in [-0.39, 0.29) is 12.0 Å². The normalized spacial score (nSPS) is 12.4. The summed E-state index contributed by atoms with van der Waals surface area (Å²) in [6.07, 6.45) is -0.701. The van der Waals surface area contributed by atoms with E-state index >= 15 is 0 Å². The van der Waals surface area contributed by atoms with Crippen LogP contribution in [0.4, 0.5) is 0 Å². The molecule has 0 aliphatic rings. The molecule has 3 rings (SSSR count). The number of carbonyl (C=O) groups is 2. The number of carbonyl (C=O) groups excluding carboxylic acids is 2. The Balaban J connectivity index is 1.80. The maximum atomic E-state index is 11.6. The van der Waals surface area contributed by atoms with Crippen LogP contribution in [0.2, 0.25) is 0 Å². The molecule has 6 heteroatoms. The summed E-state index contributed by atoms with van der Waals surface area (Å²) in [4.78, 5) is 23.2. The Hall–Kier alpha value is -3.28. The van der Waals surface area contributed by atoms with Crippen LogP contribution in [0, 0.1) is 0 Å². The Morgan fingerprint density at radius 1 is 1.03 bits per heavy atom. The van der Waals surface area contributed by atoms with Gasteiger partial charge in [0.1, 0.15) is 23.7 Å². The number of esters is 2. The molecule has 3 aromatic rings. The van der Waals surface area contributed by atoms with E-state index in [9.17, 15) is 9.59 Å². The standard InChI is InChI=1S/C24H26O6/c1-15(25)29-22(14-28-19-9-6-16(7-10-19)23(26)27-5)21-13-17-12-18(24(2,3)4)8-11-20(17)30-21/h6-13,22H,14H2,1-5H3. The Labute approximate surface area is 175 Å². The molecule has 0 radical (unpaired) electrons. The number of furan rings is 1. The molecule has 0 amide bonds. The fourth-order valence-corrected chi connectivity index (χ4v) is 3.04. The predicted molar refractivity (Wildman–Crippen MR) is 113 cm³/mol. The maximum Gasteiger partial charge on any atom is 0.337 e. The molecular formula is C24H26O6. The van der Waals surface area contributed by atoms with Crippen molar-refractivity contribution in [3.05, 3.63) is 65.4 Å². The summed E-state index contributed by atoms with van der Waals surface area (Å²) in [6.45, 7) is 7.87. The second kappa shape index (κ2) is 8.61. The molecule has 1 unspecified atom stereocenters. The number of hydrogen-bond acceptors (Lipinski definition) is 6. The summed E-state index contributed by atoms with van der Waals surface area (Å²) in [7, 11) is 1.33. The first-order valence-corrected chi connectivity index (χ1v) is 9.70. The molecule has 0 saturated carbocycles. The van der Waals surface area contributed by atoms with Gasteiger partial charge in [-0.05, 0) is 53.4 Å². The van der Waals surface area contributed by atoms with Crippen LogP contribution in [0.25, 0.3) is 11.0 Å². The minimum absolute atomic E-state index is 0.0143. The molecular weight excluding hydrogens is 384 g/mol. The van der Waals surface area contributed by atoms with Gasteiger partial charge in [-0.25, -0.2) is 4.79 Å². The van der Waals surface area contributed by atoms with Crippen molar-refractivity contribution in [1.29, 1.82) is 0 Å². The Kier molecular flexibility index (Phi) is 6.15. The molecule has 0 spiro atoms. The highest BCUT2D eigenvalue weighted by Crippen LogP contribution is 2.31. The first-order chi connectivity index (χ1) is 14.2. The topological polar surface area (TPSA) is 75.0 Å². The van der Waals surface area contributed by atoms with Gasteiger partial charge < -0.3 is 18.6 Å². The average molecular weight is 410 g/mol. The van der Waals surface area contributed by atoms with Crippen molar-refractivity contribution >= 4 is 22.9 Å². The van der Waals surface area contributed by atoms with Crippen molar-refractivity contribution in [2.45, 2.75) is 39.2 Å². The lowest BCUT2D eigenvalue weighted by atomic mass is 9.86. The molecule has 0 aliphatic carbocycles. The zero-order chi connectivity index (χ0) is 21.9. The van der Waals surface area contributed by atoms with E-state index in [0.29, 0.717) is 17.1 Å². The second-order valence-corrected chi connectivity index (χ2v) is 8.08. The summed E-state index contributed by atoms with van der Waals surface area (Å²) < 4.78 is 21.8. The molecule has 0 aliphatic heterocycles. The van der Waals surface area contributed by atoms with E-state index in [1.54, 1.807) is 24.3 Å². The van der Waals surface area contributed by atoms with Gasteiger partial charge in [0.05, 0.1) is 12.7 Å². The molecule has 6 nitrogen and oxygen atoms in total. The van der Waals surface area contributed by atoms with Crippen molar-refractivity contribution in [2.75, 3.05) is 13.7 Å². The van der Waals surface area contributed by atoms with Gasteiger partial charge in [-0.1, -0.05) is 26.8 Å². The third kappa shape index (κ3) is 5.00. The average Bonchev–Trinajstić information content (AvgIpc) is 3.13. The van der Waals surface area contributed by atoms with Crippen LogP contribution in [0.3, 0.4) is 0 Å². The van der Waals surface area contributed by atoms with E-state index in [0.717, 1.165) is 11.0 Å². The van der Waals surface area contributed by atoms with Crippen LogP contribution in [0.5, 0.6) is 5.75 Å². The van der Waals surface area contributed by atoms with E-state index in [2.05, 4.69) is 31.6 Å². The van der Waals surface area contributed by atoms with Crippen molar-refractivity contribution in [2.24, 2.45) is 0 Å². The van der Waals surface area contributed by atoms with Gasteiger partial charge in [-0.2, -0.15) is 0 Å². The van der Waals surface area contributed by atoms with Gasteiger partial charge >= 0.3 is 11.9 Å². The predicted octanol–water partition coefficient (Wildman–Crippen LogP) is 5.20. The van der Waals surface area contributed by atoms with Crippen LogP contribution >= 0.6 is 0 Å². The SMILES string of the molecule is COC(=O)c1ccc(OCC(OC(C)=O)c2cc3cc(C(C)(C)C)ccc3o2)cc1. The Bertz CT molecular complexity index is 1040. The fourth-order valence-electron chi connectivity index (χ4n) is 3.04. The van der Waals surface area contributed by atoms with Gasteiger partial charge in [-0.3, -0.25) is 4.79 Å². The quantitative estimate of drug-likeness (QED) is 0.520. The van der Waals surface area contributed by atoms with Crippen LogP contribution in [0.15, 0.2) is 52.9 Å². The molecule has 1 aromatic heterocycles. The summed E-state index contributed by atoms with van der Waals surface area (Å²) in [6, 6.07) is 14.5. The Morgan fingerprint density at radius 3 is 2.33 bits per heavy atom. The fraction of sp³-hybridized carbons (Fsp3) is 0.333. The number of benzene rings is 2. The number of ether oxygens (including phenoxy) is 3. The lowest BCUT2D eigenvalue weighted by Gasteiger charge is -2.18. The second-order valence-electron chi connectivity index (χ2n) is 8.08. The van der Waals surface area contributed by atoms with Gasteiger partial charge in [0, 0.05) is 12.3 Å². The molecule has 1 heterocycles. The number of rotatable bonds is 6. The zero-order valence-electron chi connectivity index (χ0n) is 17.9. The van der Waals surface area contributed by atoms with Crippen LogP contribution in [-0.2, 0) is 19.7 Å². The number of hydrogen-bond donors (Lipinski definition) is 0. The van der Waals surface area contributed by atoms with E-state index in [1.165, 1.54) is 19.6 Å². The number of fused-ring (bicyclic) bond motifs is 1. The lowest BCUT2D eigenvalue weighted by molar-refractivity contribution is -0.149. The Morgan fingerprint density at radius 2 is 1.73 bits per heavy atom. The lowest BCUT2D eigenvalue weighted by Crippen LogP contribution is -2.16. The largest absolute Gasteiger partial charge is 0.489 e. The highest BCUT2D eigenvalue weighted by molar-refractivity contribution is 5.89. The summed E-state index contributed by atoms with van der Waals surface area (Å²) >= 11 is 0. The molecule has 2 aromatic carbocycles. The van der Waals surface area contributed by atoms with Crippen molar-refractivity contribution < 1.29 is 28.2 Å². The van der Waals surface area contributed by atoms with Crippen LogP contribution < -0.4 is 4.74 Å². The smallest absolute Gasteiger partial charge is 0.337 e. The van der Waals surface area contributed by atoms with Gasteiger partial charge in [0.25, 0.3) is 0 Å². The van der Waals surface area contributed by atoms with Gasteiger partial charge in [-0.15, -0.1) is 0 Å². The van der Waals surface area contributed by atoms with Gasteiger partial charge in [0.15, 0.2) is 6.10 Å². The monoisotopic (exact) mass is 410 g/mol. The molecule has 30 heavy (non-hydrogen) atoms. The van der Waals surface area contributed by atoms with Crippen molar-refractivity contribution in [3.63, 3.8) is 0 Å². The first kappa shape index (κ1) is 21.4. The van der Waals surface area contributed by atoms with Crippen LogP contribution in [-0.4, -0.2) is 25.7 Å². The number of methoxy groups -OCH3 is 1. The maximum absolute atomic E-state index is 11.6. The van der Waals surface area contributed by atoms with Crippen molar-refractivity contribution in [1.82, 2.24) is 0 Å². The van der Waals surface area contributed by atoms with Gasteiger partial charge in [0.2, 0.25) is 0 Å². The molecule has 0 bridgehead atoms. The highest BCUT2D eigenvalue weighted by Gasteiger charge is 2.22. The molecule has 0 fully saturated rings. The van der Waals surface area contributed by atoms with E-state index < -0.39 is 18.0 Å². The van der Waals surface area contributed by atoms with E-state index in [4.69, 9.17) is 13.9 Å². The summed E-state index contributed by atoms with van der Waals surface area (Å²) in [5, 5.41) is 0.942. The van der Waals surface area contributed by atoms with E-state index in [1.807, 2.05) is 18.2 Å². The van der Waals surface area contributed by atoms with Crippen molar-refractivity contribution in [3.8, 4) is 5.75 Å². The molecule has 1 atom stereocenters. The molecule has 0 N–H and O–H groups in total. The zero-order valence-corrected chi connectivity index (χ0v) is 17.9.